The number of hydrogen-bond donors (Lipinski definition) is 0. The summed E-state index contributed by atoms with van der Waals surface area (Å²) in [5.41, 5.74) is 5.36. The van der Waals surface area contributed by atoms with Crippen molar-refractivity contribution in [3.63, 3.8) is 0 Å². The van der Waals surface area contributed by atoms with Crippen LogP contribution in [0.2, 0.25) is 0 Å². The Balaban J connectivity index is 2.08. The van der Waals surface area contributed by atoms with Crippen LogP contribution in [0.5, 0.6) is 0 Å². The molecule has 3 aromatic rings. The molecule has 0 aliphatic rings. The molecular formula is C25H25O3P. The van der Waals surface area contributed by atoms with E-state index in [1.165, 1.54) is 0 Å². The lowest BCUT2D eigenvalue weighted by atomic mass is 9.97. The second-order valence-corrected chi connectivity index (χ2v) is 9.17. The number of ketones is 1. The van der Waals surface area contributed by atoms with Crippen molar-refractivity contribution in [2.24, 2.45) is 0 Å². The van der Waals surface area contributed by atoms with Gasteiger partial charge in [-0.15, -0.1) is 0 Å². The van der Waals surface area contributed by atoms with Crippen LogP contribution in [-0.2, 0) is 4.57 Å². The lowest BCUT2D eigenvalue weighted by Crippen LogP contribution is -2.17. The molecule has 0 saturated carbocycles. The fraction of sp³-hybridized carbons (Fsp3) is 0.200. The van der Waals surface area contributed by atoms with Crippen LogP contribution in [0, 0.1) is 34.6 Å². The molecule has 0 aliphatic carbocycles. The summed E-state index contributed by atoms with van der Waals surface area (Å²) in [7, 11) is -2.79. The van der Waals surface area contributed by atoms with E-state index in [0.29, 0.717) is 27.6 Å². The highest BCUT2D eigenvalue weighted by Gasteiger charge is 2.25. The maximum atomic E-state index is 13.4. The summed E-state index contributed by atoms with van der Waals surface area (Å²) in [6.45, 7) is 9.34. The first kappa shape index (κ1) is 21.0. The Labute approximate surface area is 172 Å². The van der Waals surface area contributed by atoms with Crippen molar-refractivity contribution in [2.75, 3.05) is 0 Å². The van der Waals surface area contributed by atoms with E-state index in [1.807, 2.05) is 58.0 Å². The monoisotopic (exact) mass is 404 g/mol. The molecule has 4 heteroatoms. The average molecular weight is 404 g/mol. The molecular weight excluding hydrogens is 379 g/mol. The van der Waals surface area contributed by atoms with Gasteiger partial charge >= 0.3 is 0 Å². The summed E-state index contributed by atoms with van der Waals surface area (Å²) in [5, 5.41) is 0.501. The molecule has 0 aromatic heterocycles. The van der Waals surface area contributed by atoms with E-state index in [1.54, 1.807) is 31.2 Å². The Morgan fingerprint density at radius 2 is 1.34 bits per heavy atom. The number of rotatable bonds is 5. The highest BCUT2D eigenvalue weighted by Crippen LogP contribution is 2.33. The first-order valence-electron chi connectivity index (χ1n) is 9.59. The molecule has 0 amide bonds. The topological polar surface area (TPSA) is 51.2 Å². The van der Waals surface area contributed by atoms with Gasteiger partial charge in [0.2, 0.25) is 5.52 Å². The number of carbonyl (C=O) groups excluding carboxylic acids is 2. The van der Waals surface area contributed by atoms with E-state index in [-0.39, 0.29) is 11.3 Å². The Morgan fingerprint density at radius 3 is 1.93 bits per heavy atom. The molecule has 0 radical (unpaired) electrons. The van der Waals surface area contributed by atoms with Crippen LogP contribution in [-0.4, -0.2) is 11.3 Å². The van der Waals surface area contributed by atoms with E-state index < -0.39 is 7.80 Å². The van der Waals surface area contributed by atoms with E-state index in [2.05, 4.69) is 0 Å². The summed E-state index contributed by atoms with van der Waals surface area (Å²) in [6, 6.07) is 16.4. The van der Waals surface area contributed by atoms with Crippen molar-refractivity contribution in [1.29, 1.82) is 0 Å². The molecule has 0 bridgehead atoms. The van der Waals surface area contributed by atoms with Gasteiger partial charge in [-0.25, -0.2) is 0 Å². The molecule has 1 atom stereocenters. The normalized spacial score (nSPS) is 11.9. The molecule has 148 valence electrons. The minimum Gasteiger partial charge on any atom is -0.313 e. The van der Waals surface area contributed by atoms with E-state index >= 15 is 0 Å². The smallest absolute Gasteiger partial charge is 0.223 e. The second kappa shape index (κ2) is 8.31. The molecule has 0 spiro atoms. The van der Waals surface area contributed by atoms with Crippen molar-refractivity contribution in [1.82, 2.24) is 0 Å². The molecule has 0 N–H and O–H groups in total. The first-order valence-corrected chi connectivity index (χ1v) is 11.0. The standard InChI is InChI=1S/C25H25O3P/c1-15-13-17(3)22(18(4)14-15)25(27)29(28)24-16(2)11-12-21(19(24)5)23(26)20-9-7-6-8-10-20/h6-14,29H,1-5H3. The second-order valence-electron chi connectivity index (χ2n) is 7.56. The summed E-state index contributed by atoms with van der Waals surface area (Å²) in [6.07, 6.45) is 0. The average Bonchev–Trinajstić information content (AvgIpc) is 2.67. The van der Waals surface area contributed by atoms with Gasteiger partial charge in [0, 0.05) is 22.0 Å². The molecule has 0 heterocycles. The highest BCUT2D eigenvalue weighted by molar-refractivity contribution is 7.71. The third kappa shape index (κ3) is 4.02. The van der Waals surface area contributed by atoms with Crippen LogP contribution in [0.15, 0.2) is 54.6 Å². The fourth-order valence-corrected chi connectivity index (χ4v) is 5.72. The maximum absolute atomic E-state index is 13.4. The molecule has 29 heavy (non-hydrogen) atoms. The van der Waals surface area contributed by atoms with Gasteiger partial charge in [0.1, 0.15) is 0 Å². The van der Waals surface area contributed by atoms with Crippen molar-refractivity contribution >= 4 is 24.4 Å². The predicted molar refractivity (Wildman–Crippen MR) is 119 cm³/mol. The lowest BCUT2D eigenvalue weighted by molar-refractivity contribution is 0.103. The molecule has 3 rings (SSSR count). The van der Waals surface area contributed by atoms with Gasteiger partial charge in [-0.05, 0) is 56.9 Å². The van der Waals surface area contributed by atoms with Gasteiger partial charge < -0.3 is 4.57 Å². The zero-order chi connectivity index (χ0) is 21.3. The zero-order valence-corrected chi connectivity index (χ0v) is 18.4. The minimum atomic E-state index is -2.79. The first-order chi connectivity index (χ1) is 13.7. The summed E-state index contributed by atoms with van der Waals surface area (Å²) in [5.74, 6) is -0.130. The molecule has 0 aliphatic heterocycles. The Morgan fingerprint density at radius 1 is 0.759 bits per heavy atom. The van der Waals surface area contributed by atoms with Gasteiger partial charge in [-0.3, -0.25) is 9.59 Å². The van der Waals surface area contributed by atoms with Gasteiger partial charge in [0.15, 0.2) is 13.6 Å². The summed E-state index contributed by atoms with van der Waals surface area (Å²) in [4.78, 5) is 26.2. The third-order valence-electron chi connectivity index (χ3n) is 5.29. The minimum absolute atomic E-state index is 0.130. The van der Waals surface area contributed by atoms with Crippen molar-refractivity contribution in [2.45, 2.75) is 34.6 Å². The SMILES string of the molecule is Cc1cc(C)c(C(=O)[PH](=O)c2c(C)ccc(C(=O)c3ccccc3)c2C)c(C)c1. The van der Waals surface area contributed by atoms with Crippen LogP contribution in [0.25, 0.3) is 0 Å². The van der Waals surface area contributed by atoms with Crippen LogP contribution >= 0.6 is 7.80 Å². The maximum Gasteiger partial charge on any atom is 0.223 e. The number of benzene rings is 3. The fourth-order valence-electron chi connectivity index (χ4n) is 3.95. The van der Waals surface area contributed by atoms with Crippen LogP contribution in [0.4, 0.5) is 0 Å². The van der Waals surface area contributed by atoms with Crippen molar-refractivity contribution < 1.29 is 14.2 Å². The Bertz CT molecular complexity index is 1120. The van der Waals surface area contributed by atoms with Gasteiger partial charge in [0.05, 0.1) is 0 Å². The number of carbonyl (C=O) groups is 2. The van der Waals surface area contributed by atoms with Gasteiger partial charge in [0.25, 0.3) is 0 Å². The van der Waals surface area contributed by atoms with E-state index in [0.717, 1.165) is 22.3 Å². The summed E-state index contributed by atoms with van der Waals surface area (Å²) < 4.78 is 13.4. The van der Waals surface area contributed by atoms with Crippen LogP contribution in [0.1, 0.15) is 54.1 Å². The van der Waals surface area contributed by atoms with E-state index in [4.69, 9.17) is 0 Å². The molecule has 1 unspecified atom stereocenters. The van der Waals surface area contributed by atoms with Crippen LogP contribution in [0.3, 0.4) is 0 Å². The lowest BCUT2D eigenvalue weighted by Gasteiger charge is -2.15. The molecule has 0 fully saturated rings. The summed E-state index contributed by atoms with van der Waals surface area (Å²) >= 11 is 0. The quantitative estimate of drug-likeness (QED) is 0.418. The zero-order valence-electron chi connectivity index (χ0n) is 17.4. The third-order valence-corrected chi connectivity index (χ3v) is 7.18. The Kier molecular flexibility index (Phi) is 6.00. The van der Waals surface area contributed by atoms with Crippen LogP contribution < -0.4 is 5.30 Å². The van der Waals surface area contributed by atoms with E-state index in [9.17, 15) is 14.2 Å². The van der Waals surface area contributed by atoms with Gasteiger partial charge in [-0.2, -0.15) is 0 Å². The Hall–Kier alpha value is -2.77. The van der Waals surface area contributed by atoms with Gasteiger partial charge in [-0.1, -0.05) is 60.2 Å². The highest BCUT2D eigenvalue weighted by atomic mass is 31.1. The number of hydrogen-bond acceptors (Lipinski definition) is 3. The number of aryl methyl sites for hydroxylation is 4. The predicted octanol–water partition coefficient (Wildman–Crippen LogP) is 5.49. The molecule has 0 saturated heterocycles. The van der Waals surface area contributed by atoms with Crippen molar-refractivity contribution in [3.8, 4) is 0 Å². The molecule has 3 aromatic carbocycles. The largest absolute Gasteiger partial charge is 0.313 e. The molecule has 3 nitrogen and oxygen atoms in total. The van der Waals surface area contributed by atoms with Crippen molar-refractivity contribution in [3.05, 3.63) is 99.1 Å².